The molecule has 2 heterocycles. The molecular formula is C27H32N4O2. The molecule has 2 aromatic carbocycles. The van der Waals surface area contributed by atoms with Crippen LogP contribution in [-0.2, 0) is 0 Å². The van der Waals surface area contributed by atoms with Crippen molar-refractivity contribution in [1.29, 1.82) is 0 Å². The van der Waals surface area contributed by atoms with Crippen LogP contribution in [0.1, 0.15) is 47.9 Å². The molecule has 1 aromatic heterocycles. The van der Waals surface area contributed by atoms with Crippen molar-refractivity contribution in [3.63, 3.8) is 0 Å². The van der Waals surface area contributed by atoms with E-state index in [0.717, 1.165) is 28.6 Å². The van der Waals surface area contributed by atoms with Crippen LogP contribution in [-0.4, -0.2) is 53.9 Å². The fourth-order valence-corrected chi connectivity index (χ4v) is 4.42. The van der Waals surface area contributed by atoms with E-state index in [-0.39, 0.29) is 17.9 Å². The van der Waals surface area contributed by atoms with E-state index in [1.807, 2.05) is 60.4 Å². The van der Waals surface area contributed by atoms with Gasteiger partial charge in [-0.15, -0.1) is 0 Å². The SMILES string of the molecule is CC(C)CC(C)NC(=O)c1ccc(N2CCN(C(=O)c3ccc4ccccc4c3)CC2)nc1. The normalized spacial score (nSPS) is 15.0. The maximum absolute atomic E-state index is 13.0. The van der Waals surface area contributed by atoms with E-state index in [0.29, 0.717) is 37.7 Å². The number of fused-ring (bicyclic) bond motifs is 1. The molecule has 1 saturated heterocycles. The maximum atomic E-state index is 13.0. The molecule has 6 nitrogen and oxygen atoms in total. The largest absolute Gasteiger partial charge is 0.353 e. The summed E-state index contributed by atoms with van der Waals surface area (Å²) in [6.45, 7) is 9.03. The van der Waals surface area contributed by atoms with E-state index in [1.165, 1.54) is 0 Å². The molecule has 1 fully saturated rings. The second-order valence-electron chi connectivity index (χ2n) is 9.25. The van der Waals surface area contributed by atoms with Crippen LogP contribution < -0.4 is 10.2 Å². The van der Waals surface area contributed by atoms with Gasteiger partial charge in [-0.3, -0.25) is 9.59 Å². The van der Waals surface area contributed by atoms with Crippen molar-refractivity contribution < 1.29 is 9.59 Å². The molecule has 172 valence electrons. The summed E-state index contributed by atoms with van der Waals surface area (Å²) in [4.78, 5) is 34.0. The molecule has 33 heavy (non-hydrogen) atoms. The van der Waals surface area contributed by atoms with E-state index in [9.17, 15) is 9.59 Å². The molecule has 0 bridgehead atoms. The Balaban J connectivity index is 1.33. The predicted molar refractivity (Wildman–Crippen MR) is 133 cm³/mol. The van der Waals surface area contributed by atoms with Crippen molar-refractivity contribution in [2.75, 3.05) is 31.1 Å². The number of carbonyl (C=O) groups is 2. The molecule has 0 radical (unpaired) electrons. The van der Waals surface area contributed by atoms with Gasteiger partial charge in [0.2, 0.25) is 0 Å². The van der Waals surface area contributed by atoms with Gasteiger partial charge in [-0.2, -0.15) is 0 Å². The van der Waals surface area contributed by atoms with Crippen molar-refractivity contribution in [3.8, 4) is 0 Å². The Morgan fingerprint density at radius 2 is 1.61 bits per heavy atom. The lowest BCUT2D eigenvalue weighted by Crippen LogP contribution is -2.49. The molecule has 4 rings (SSSR count). The summed E-state index contributed by atoms with van der Waals surface area (Å²) in [7, 11) is 0. The smallest absolute Gasteiger partial charge is 0.253 e. The third kappa shape index (κ3) is 5.51. The first-order valence-electron chi connectivity index (χ1n) is 11.7. The summed E-state index contributed by atoms with van der Waals surface area (Å²) in [5.41, 5.74) is 1.29. The van der Waals surface area contributed by atoms with Crippen LogP contribution in [0.25, 0.3) is 10.8 Å². The van der Waals surface area contributed by atoms with Gasteiger partial charge in [0.25, 0.3) is 11.8 Å². The van der Waals surface area contributed by atoms with Gasteiger partial charge in [0.1, 0.15) is 5.82 Å². The number of aromatic nitrogens is 1. The number of benzene rings is 2. The van der Waals surface area contributed by atoms with E-state index >= 15 is 0 Å². The highest BCUT2D eigenvalue weighted by Crippen LogP contribution is 2.19. The van der Waals surface area contributed by atoms with Gasteiger partial charge in [-0.05, 0) is 54.3 Å². The molecule has 1 atom stereocenters. The van der Waals surface area contributed by atoms with Crippen LogP contribution in [0, 0.1) is 5.92 Å². The zero-order valence-electron chi connectivity index (χ0n) is 19.6. The van der Waals surface area contributed by atoms with Crippen molar-refractivity contribution in [2.24, 2.45) is 5.92 Å². The van der Waals surface area contributed by atoms with Crippen molar-refractivity contribution in [3.05, 3.63) is 71.9 Å². The molecule has 0 saturated carbocycles. The lowest BCUT2D eigenvalue weighted by atomic mass is 10.1. The average Bonchev–Trinajstić information content (AvgIpc) is 2.83. The maximum Gasteiger partial charge on any atom is 0.253 e. The summed E-state index contributed by atoms with van der Waals surface area (Å²) in [6.07, 6.45) is 2.58. The molecule has 3 aromatic rings. The highest BCUT2D eigenvalue weighted by atomic mass is 16.2. The average molecular weight is 445 g/mol. The zero-order valence-corrected chi connectivity index (χ0v) is 19.6. The Bertz CT molecular complexity index is 1120. The first-order chi connectivity index (χ1) is 15.9. The second-order valence-corrected chi connectivity index (χ2v) is 9.25. The molecule has 1 unspecified atom stereocenters. The summed E-state index contributed by atoms with van der Waals surface area (Å²) >= 11 is 0. The number of hydrogen-bond donors (Lipinski definition) is 1. The van der Waals surface area contributed by atoms with Crippen molar-refractivity contribution in [1.82, 2.24) is 15.2 Å². The number of amides is 2. The summed E-state index contributed by atoms with van der Waals surface area (Å²) in [6, 6.07) is 17.8. The minimum Gasteiger partial charge on any atom is -0.353 e. The standard InChI is InChI=1S/C27H32N4O2/c1-19(2)16-20(3)29-26(32)24-10-11-25(28-18-24)30-12-14-31(15-13-30)27(33)23-9-8-21-6-4-5-7-22(21)17-23/h4-11,17-20H,12-16H2,1-3H3,(H,29,32). The number of anilines is 1. The molecule has 2 amide bonds. The van der Waals surface area contributed by atoms with Crippen LogP contribution in [0.15, 0.2) is 60.8 Å². The highest BCUT2D eigenvalue weighted by molar-refractivity contribution is 5.98. The first kappa shape index (κ1) is 22.8. The Morgan fingerprint density at radius 3 is 2.27 bits per heavy atom. The van der Waals surface area contributed by atoms with Crippen LogP contribution in [0.2, 0.25) is 0 Å². The Morgan fingerprint density at radius 1 is 0.909 bits per heavy atom. The van der Waals surface area contributed by atoms with Crippen LogP contribution >= 0.6 is 0 Å². The van der Waals surface area contributed by atoms with Gasteiger partial charge in [-0.1, -0.05) is 44.2 Å². The summed E-state index contributed by atoms with van der Waals surface area (Å²) < 4.78 is 0. The number of pyridine rings is 1. The summed E-state index contributed by atoms with van der Waals surface area (Å²) in [5.74, 6) is 1.34. The van der Waals surface area contributed by atoms with E-state index in [4.69, 9.17) is 0 Å². The quantitative estimate of drug-likeness (QED) is 0.613. The number of carbonyl (C=O) groups excluding carboxylic acids is 2. The monoisotopic (exact) mass is 444 g/mol. The van der Waals surface area contributed by atoms with Gasteiger partial charge in [0, 0.05) is 44.0 Å². The lowest BCUT2D eigenvalue weighted by Gasteiger charge is -2.35. The number of nitrogens with one attached hydrogen (secondary N) is 1. The van der Waals surface area contributed by atoms with Gasteiger partial charge < -0.3 is 15.1 Å². The van der Waals surface area contributed by atoms with Gasteiger partial charge in [0.15, 0.2) is 0 Å². The van der Waals surface area contributed by atoms with Crippen LogP contribution in [0.3, 0.4) is 0 Å². The molecule has 0 spiro atoms. The molecule has 1 aliphatic heterocycles. The fraction of sp³-hybridized carbons (Fsp3) is 0.370. The van der Waals surface area contributed by atoms with E-state index < -0.39 is 0 Å². The zero-order chi connectivity index (χ0) is 23.4. The number of rotatable bonds is 6. The van der Waals surface area contributed by atoms with Crippen LogP contribution in [0.5, 0.6) is 0 Å². The first-order valence-corrected chi connectivity index (χ1v) is 11.7. The Kier molecular flexibility index (Phi) is 6.92. The molecule has 6 heteroatoms. The molecular weight excluding hydrogens is 412 g/mol. The predicted octanol–water partition coefficient (Wildman–Crippen LogP) is 4.36. The number of nitrogens with zero attached hydrogens (tertiary/aromatic N) is 3. The van der Waals surface area contributed by atoms with Crippen LogP contribution in [0.4, 0.5) is 5.82 Å². The van der Waals surface area contributed by atoms with Crippen molar-refractivity contribution in [2.45, 2.75) is 33.2 Å². The Hall–Kier alpha value is -3.41. The molecule has 1 N–H and O–H groups in total. The fourth-order valence-electron chi connectivity index (χ4n) is 4.42. The minimum absolute atomic E-state index is 0.0656. The third-order valence-electron chi connectivity index (χ3n) is 6.10. The highest BCUT2D eigenvalue weighted by Gasteiger charge is 2.23. The molecule has 0 aliphatic carbocycles. The van der Waals surface area contributed by atoms with Gasteiger partial charge in [0.05, 0.1) is 5.56 Å². The lowest BCUT2D eigenvalue weighted by molar-refractivity contribution is 0.0746. The van der Waals surface area contributed by atoms with E-state index in [2.05, 4.69) is 35.1 Å². The number of piperazine rings is 1. The molecule has 1 aliphatic rings. The van der Waals surface area contributed by atoms with Gasteiger partial charge >= 0.3 is 0 Å². The van der Waals surface area contributed by atoms with Crippen molar-refractivity contribution >= 4 is 28.4 Å². The minimum atomic E-state index is -0.0898. The van der Waals surface area contributed by atoms with Gasteiger partial charge in [-0.25, -0.2) is 4.98 Å². The summed E-state index contributed by atoms with van der Waals surface area (Å²) in [5, 5.41) is 5.25. The Labute approximate surface area is 195 Å². The topological polar surface area (TPSA) is 65.5 Å². The number of hydrogen-bond acceptors (Lipinski definition) is 4. The van der Waals surface area contributed by atoms with E-state index in [1.54, 1.807) is 6.20 Å². The third-order valence-corrected chi connectivity index (χ3v) is 6.10. The second kappa shape index (κ2) is 10.0.